The van der Waals surface area contributed by atoms with Crippen LogP contribution in [0, 0.1) is 5.92 Å². The Bertz CT molecular complexity index is 497. The second-order valence-electron chi connectivity index (χ2n) is 11.6. The number of carbonyl (C=O) groups is 2. The SMILES string of the molecule is C=COC(=O)CCCCCCCCCCCCCCCCCCCCCCCCCCC(C)C.CC(=O)O. The van der Waals surface area contributed by atoms with Gasteiger partial charge in [-0.3, -0.25) is 9.59 Å². The molecule has 0 spiro atoms. The van der Waals surface area contributed by atoms with Gasteiger partial charge >= 0.3 is 5.97 Å². The van der Waals surface area contributed by atoms with Gasteiger partial charge < -0.3 is 9.84 Å². The van der Waals surface area contributed by atoms with E-state index in [1.165, 1.54) is 154 Å². The lowest BCUT2D eigenvalue weighted by molar-refractivity contribution is -0.138. The molecular formula is C34H66O4. The van der Waals surface area contributed by atoms with Crippen LogP contribution in [-0.4, -0.2) is 17.0 Å². The zero-order valence-corrected chi connectivity index (χ0v) is 25.9. The van der Waals surface area contributed by atoms with Crippen molar-refractivity contribution in [1.82, 2.24) is 0 Å². The molecule has 0 aliphatic carbocycles. The van der Waals surface area contributed by atoms with Crippen molar-refractivity contribution in [3.8, 4) is 0 Å². The summed E-state index contributed by atoms with van der Waals surface area (Å²) in [6, 6.07) is 0. The second kappa shape index (κ2) is 33.7. The first-order chi connectivity index (χ1) is 18.4. The van der Waals surface area contributed by atoms with Crippen LogP contribution >= 0.6 is 0 Å². The van der Waals surface area contributed by atoms with E-state index in [2.05, 4.69) is 20.4 Å². The zero-order chi connectivity index (χ0) is 28.5. The Morgan fingerprint density at radius 3 is 1.05 bits per heavy atom. The number of ether oxygens (including phenoxy) is 1. The van der Waals surface area contributed by atoms with E-state index in [-0.39, 0.29) is 5.97 Å². The average molecular weight is 539 g/mol. The molecule has 0 saturated carbocycles. The standard InChI is InChI=1S/C32H62O2.C2H4O2/c1-4-34-32(33)30-28-26-24-22-20-18-16-14-12-10-8-6-5-7-9-11-13-15-17-19-21-23-25-27-29-31(2)3;1-2(3)4/h4,31H,1,5-30H2,2-3H3;1H3,(H,3,4). The lowest BCUT2D eigenvalue weighted by atomic mass is 10.0. The summed E-state index contributed by atoms with van der Waals surface area (Å²) >= 11 is 0. The van der Waals surface area contributed by atoms with Gasteiger partial charge in [-0.1, -0.05) is 175 Å². The monoisotopic (exact) mass is 538 g/mol. The van der Waals surface area contributed by atoms with Crippen molar-refractivity contribution < 1.29 is 19.4 Å². The highest BCUT2D eigenvalue weighted by Crippen LogP contribution is 2.16. The molecule has 0 fully saturated rings. The number of hydrogen-bond acceptors (Lipinski definition) is 3. The number of rotatable bonds is 28. The van der Waals surface area contributed by atoms with E-state index in [9.17, 15) is 4.79 Å². The van der Waals surface area contributed by atoms with Gasteiger partial charge in [0.1, 0.15) is 0 Å². The Labute approximate surface area is 237 Å². The fraction of sp³-hybridized carbons (Fsp3) is 0.882. The summed E-state index contributed by atoms with van der Waals surface area (Å²) in [6.45, 7) is 9.17. The first-order valence-electron chi connectivity index (χ1n) is 16.4. The molecule has 0 heterocycles. The van der Waals surface area contributed by atoms with Crippen LogP contribution in [0.5, 0.6) is 0 Å². The first kappa shape index (κ1) is 38.8. The molecule has 0 bridgehead atoms. The topological polar surface area (TPSA) is 63.6 Å². The van der Waals surface area contributed by atoms with Crippen molar-refractivity contribution in [1.29, 1.82) is 0 Å². The molecule has 0 aromatic carbocycles. The van der Waals surface area contributed by atoms with Gasteiger partial charge in [-0.15, -0.1) is 0 Å². The molecule has 0 aliphatic heterocycles. The molecule has 0 amide bonds. The molecule has 4 heteroatoms. The Morgan fingerprint density at radius 1 is 0.579 bits per heavy atom. The fourth-order valence-corrected chi connectivity index (χ4v) is 4.86. The van der Waals surface area contributed by atoms with Crippen LogP contribution < -0.4 is 0 Å². The Morgan fingerprint density at radius 2 is 0.816 bits per heavy atom. The van der Waals surface area contributed by atoms with Crippen LogP contribution in [0.1, 0.15) is 188 Å². The maximum absolute atomic E-state index is 11.2. The number of esters is 1. The van der Waals surface area contributed by atoms with E-state index < -0.39 is 5.97 Å². The molecule has 226 valence electrons. The minimum absolute atomic E-state index is 0.144. The number of carbonyl (C=O) groups excluding carboxylic acids is 1. The molecule has 0 aromatic heterocycles. The van der Waals surface area contributed by atoms with E-state index in [1.807, 2.05) is 0 Å². The molecule has 0 rings (SSSR count). The molecule has 0 atom stereocenters. The third kappa shape index (κ3) is 41.8. The van der Waals surface area contributed by atoms with Crippen LogP contribution in [0.15, 0.2) is 12.8 Å². The molecular weight excluding hydrogens is 472 g/mol. The number of carboxylic acid groups (broad SMARTS) is 1. The molecule has 4 nitrogen and oxygen atoms in total. The van der Waals surface area contributed by atoms with Crippen LogP contribution in [0.25, 0.3) is 0 Å². The third-order valence-electron chi connectivity index (χ3n) is 7.13. The number of aliphatic carboxylic acids is 1. The van der Waals surface area contributed by atoms with Crippen LogP contribution in [0.3, 0.4) is 0 Å². The summed E-state index contributed by atoms with van der Waals surface area (Å²) in [4.78, 5) is 20.2. The van der Waals surface area contributed by atoms with Crippen LogP contribution in [0.4, 0.5) is 0 Å². The summed E-state index contributed by atoms with van der Waals surface area (Å²) in [5.74, 6) is -0.0913. The number of hydrogen-bond donors (Lipinski definition) is 1. The van der Waals surface area contributed by atoms with Crippen molar-refractivity contribution in [2.45, 2.75) is 188 Å². The van der Waals surface area contributed by atoms with E-state index in [4.69, 9.17) is 14.6 Å². The highest BCUT2D eigenvalue weighted by Gasteiger charge is 2.00. The predicted octanol–water partition coefficient (Wildman–Crippen LogP) is 11.6. The molecule has 0 radical (unpaired) electrons. The predicted molar refractivity (Wildman–Crippen MR) is 164 cm³/mol. The fourth-order valence-electron chi connectivity index (χ4n) is 4.86. The van der Waals surface area contributed by atoms with Gasteiger partial charge in [-0.2, -0.15) is 0 Å². The van der Waals surface area contributed by atoms with Crippen LogP contribution in [-0.2, 0) is 14.3 Å². The van der Waals surface area contributed by atoms with Gasteiger partial charge in [-0.25, -0.2) is 0 Å². The van der Waals surface area contributed by atoms with Crippen molar-refractivity contribution in [2.24, 2.45) is 5.92 Å². The summed E-state index contributed by atoms with van der Waals surface area (Å²) in [6.07, 6.45) is 36.8. The summed E-state index contributed by atoms with van der Waals surface area (Å²) < 4.78 is 4.73. The summed E-state index contributed by atoms with van der Waals surface area (Å²) in [5, 5.41) is 7.42. The minimum atomic E-state index is -0.833. The van der Waals surface area contributed by atoms with Gasteiger partial charge in [0.15, 0.2) is 0 Å². The Balaban J connectivity index is 0. The number of carboxylic acids is 1. The van der Waals surface area contributed by atoms with Crippen LogP contribution in [0.2, 0.25) is 0 Å². The van der Waals surface area contributed by atoms with E-state index in [0.29, 0.717) is 6.42 Å². The van der Waals surface area contributed by atoms with E-state index >= 15 is 0 Å². The van der Waals surface area contributed by atoms with Gasteiger partial charge in [0.25, 0.3) is 5.97 Å². The molecule has 0 aromatic rings. The van der Waals surface area contributed by atoms with Gasteiger partial charge in [0, 0.05) is 13.3 Å². The quantitative estimate of drug-likeness (QED) is 0.0611. The van der Waals surface area contributed by atoms with E-state index in [1.54, 1.807) is 0 Å². The molecule has 0 saturated heterocycles. The molecule has 1 N–H and O–H groups in total. The number of unbranched alkanes of at least 4 members (excludes halogenated alkanes) is 23. The van der Waals surface area contributed by atoms with E-state index in [0.717, 1.165) is 25.7 Å². The van der Waals surface area contributed by atoms with Gasteiger partial charge in [0.2, 0.25) is 0 Å². The highest BCUT2D eigenvalue weighted by molar-refractivity contribution is 5.69. The first-order valence-corrected chi connectivity index (χ1v) is 16.4. The molecule has 38 heavy (non-hydrogen) atoms. The Kier molecular flexibility index (Phi) is 34.4. The largest absolute Gasteiger partial charge is 0.481 e. The highest BCUT2D eigenvalue weighted by atomic mass is 16.5. The van der Waals surface area contributed by atoms with Gasteiger partial charge in [-0.05, 0) is 12.3 Å². The third-order valence-corrected chi connectivity index (χ3v) is 7.13. The molecule has 0 aliphatic rings. The average Bonchev–Trinajstić information content (AvgIpc) is 2.85. The maximum Gasteiger partial charge on any atom is 0.310 e. The normalized spacial score (nSPS) is 10.7. The lowest BCUT2D eigenvalue weighted by Crippen LogP contribution is -1.98. The zero-order valence-electron chi connectivity index (χ0n) is 25.9. The van der Waals surface area contributed by atoms with Crippen molar-refractivity contribution in [3.05, 3.63) is 12.8 Å². The summed E-state index contributed by atoms with van der Waals surface area (Å²) in [5.41, 5.74) is 0. The van der Waals surface area contributed by atoms with Crippen molar-refractivity contribution in [3.63, 3.8) is 0 Å². The second-order valence-corrected chi connectivity index (χ2v) is 11.6. The van der Waals surface area contributed by atoms with Gasteiger partial charge in [0.05, 0.1) is 6.26 Å². The molecule has 0 unspecified atom stereocenters. The smallest absolute Gasteiger partial charge is 0.310 e. The lowest BCUT2D eigenvalue weighted by Gasteiger charge is -2.05. The maximum atomic E-state index is 11.2. The summed E-state index contributed by atoms with van der Waals surface area (Å²) in [7, 11) is 0. The Hall–Kier alpha value is -1.32. The minimum Gasteiger partial charge on any atom is -0.481 e. The van der Waals surface area contributed by atoms with Crippen molar-refractivity contribution >= 4 is 11.9 Å². The van der Waals surface area contributed by atoms with Crippen molar-refractivity contribution in [2.75, 3.05) is 0 Å².